The Kier molecular flexibility index (Phi) is 5.92. The van der Waals surface area contributed by atoms with Crippen LogP contribution >= 0.6 is 0 Å². The summed E-state index contributed by atoms with van der Waals surface area (Å²) in [6.45, 7) is 0. The van der Waals surface area contributed by atoms with Gasteiger partial charge in [0.15, 0.2) is 11.5 Å². The van der Waals surface area contributed by atoms with Gasteiger partial charge >= 0.3 is 10.1 Å². The van der Waals surface area contributed by atoms with E-state index >= 15 is 0 Å². The Morgan fingerprint density at radius 2 is 1.93 bits per heavy atom. The molecule has 0 unspecified atom stereocenters. The van der Waals surface area contributed by atoms with Crippen molar-refractivity contribution in [3.8, 4) is 11.5 Å². The number of hydrazone groups is 1. The molecule has 13 heteroatoms. The van der Waals surface area contributed by atoms with Gasteiger partial charge in [-0.25, -0.2) is 14.4 Å². The molecule has 30 heavy (non-hydrogen) atoms. The maximum absolute atomic E-state index is 13.0. The van der Waals surface area contributed by atoms with Crippen molar-refractivity contribution in [3.05, 3.63) is 59.5 Å². The number of methoxy groups -OCH3 is 1. The van der Waals surface area contributed by atoms with Crippen molar-refractivity contribution in [2.75, 3.05) is 12.8 Å². The number of ether oxygens (including phenoxy) is 1. The van der Waals surface area contributed by atoms with Crippen molar-refractivity contribution >= 4 is 28.1 Å². The lowest BCUT2D eigenvalue weighted by Crippen LogP contribution is -2.19. The van der Waals surface area contributed by atoms with Gasteiger partial charge in [-0.05, 0) is 58.3 Å². The van der Waals surface area contributed by atoms with E-state index in [9.17, 15) is 17.6 Å². The van der Waals surface area contributed by atoms with Crippen LogP contribution in [0.1, 0.15) is 16.1 Å². The Labute approximate surface area is 169 Å². The number of carbonyl (C=O) groups is 1. The van der Waals surface area contributed by atoms with Gasteiger partial charge < -0.3 is 14.7 Å². The molecule has 0 atom stereocenters. The predicted molar refractivity (Wildman–Crippen MR) is 101 cm³/mol. The zero-order valence-corrected chi connectivity index (χ0v) is 16.1. The van der Waals surface area contributed by atoms with Crippen LogP contribution in [-0.4, -0.2) is 38.0 Å². The first-order valence-electron chi connectivity index (χ1n) is 8.09. The van der Waals surface area contributed by atoms with E-state index in [1.54, 1.807) is 0 Å². The molecular weight excluding hydrogens is 421 g/mol. The Balaban J connectivity index is 1.74. The van der Waals surface area contributed by atoms with Crippen molar-refractivity contribution in [1.29, 1.82) is 0 Å². The summed E-state index contributed by atoms with van der Waals surface area (Å²) in [4.78, 5) is 11.6. The minimum Gasteiger partial charge on any atom is -0.493 e. The van der Waals surface area contributed by atoms with E-state index in [-0.39, 0.29) is 27.9 Å². The average molecular weight is 435 g/mol. The lowest BCUT2D eigenvalue weighted by molar-refractivity contribution is 0.0946. The number of carbonyl (C=O) groups excluding carboxylic acids is 1. The van der Waals surface area contributed by atoms with E-state index in [4.69, 9.17) is 14.7 Å². The van der Waals surface area contributed by atoms with E-state index in [0.717, 1.165) is 24.3 Å². The SMILES string of the molecule is COc1cc(/C=N\NC(=O)c2nonc2N)ccc1OS(=O)(=O)c1ccc(F)cc1. The number of aromatic nitrogens is 2. The molecule has 0 radical (unpaired) electrons. The minimum absolute atomic E-state index is 0.0842. The number of hydrogen-bond acceptors (Lipinski definition) is 10. The third-order valence-electron chi connectivity index (χ3n) is 3.60. The van der Waals surface area contributed by atoms with Crippen LogP contribution in [0.25, 0.3) is 0 Å². The lowest BCUT2D eigenvalue weighted by Gasteiger charge is -2.11. The first-order chi connectivity index (χ1) is 14.3. The van der Waals surface area contributed by atoms with Gasteiger partial charge in [0.25, 0.3) is 5.91 Å². The first kappa shape index (κ1) is 20.7. The lowest BCUT2D eigenvalue weighted by atomic mass is 10.2. The fraction of sp³-hybridized carbons (Fsp3) is 0.0588. The van der Waals surface area contributed by atoms with Gasteiger partial charge in [0.1, 0.15) is 10.7 Å². The van der Waals surface area contributed by atoms with Gasteiger partial charge in [-0.3, -0.25) is 4.79 Å². The van der Waals surface area contributed by atoms with Crippen molar-refractivity contribution in [2.24, 2.45) is 5.10 Å². The van der Waals surface area contributed by atoms with Crippen molar-refractivity contribution in [3.63, 3.8) is 0 Å². The molecule has 0 spiro atoms. The Morgan fingerprint density at radius 1 is 1.20 bits per heavy atom. The number of nitrogen functional groups attached to an aromatic ring is 1. The number of amides is 1. The van der Waals surface area contributed by atoms with Crippen LogP contribution < -0.4 is 20.1 Å². The molecule has 0 aliphatic heterocycles. The molecule has 0 aliphatic rings. The van der Waals surface area contributed by atoms with Gasteiger partial charge in [-0.2, -0.15) is 13.5 Å². The standard InChI is InChI=1S/C17H14FN5O6S/c1-27-14-8-10(9-20-21-17(24)15-16(19)23-29-22-15)2-7-13(14)28-30(25,26)12-5-3-11(18)4-6-12/h2-9H,1H3,(H2,19,23)(H,21,24)/b20-9-. The van der Waals surface area contributed by atoms with Crippen LogP contribution in [0.3, 0.4) is 0 Å². The summed E-state index contributed by atoms with van der Waals surface area (Å²) in [6, 6.07) is 8.41. The minimum atomic E-state index is -4.20. The second-order valence-electron chi connectivity index (χ2n) is 5.60. The van der Waals surface area contributed by atoms with Gasteiger partial charge in [-0.15, -0.1) is 0 Å². The number of nitrogens with two attached hydrogens (primary N) is 1. The highest BCUT2D eigenvalue weighted by atomic mass is 32.2. The first-order valence-corrected chi connectivity index (χ1v) is 9.50. The molecule has 156 valence electrons. The highest BCUT2D eigenvalue weighted by molar-refractivity contribution is 7.87. The summed E-state index contributed by atoms with van der Waals surface area (Å²) in [7, 11) is -2.89. The van der Waals surface area contributed by atoms with E-state index in [1.807, 2.05) is 0 Å². The molecule has 0 fully saturated rings. The smallest absolute Gasteiger partial charge is 0.339 e. The quantitative estimate of drug-likeness (QED) is 0.317. The summed E-state index contributed by atoms with van der Waals surface area (Å²) in [5.74, 6) is -1.51. The third-order valence-corrected chi connectivity index (χ3v) is 4.85. The van der Waals surface area contributed by atoms with Crippen LogP contribution in [0.15, 0.2) is 57.1 Å². The number of benzene rings is 2. The summed E-state index contributed by atoms with van der Waals surface area (Å²) >= 11 is 0. The Hall–Kier alpha value is -4.00. The number of rotatable bonds is 7. The van der Waals surface area contributed by atoms with Gasteiger partial charge in [0, 0.05) is 0 Å². The number of halogens is 1. The summed E-state index contributed by atoms with van der Waals surface area (Å²) in [6.07, 6.45) is 1.27. The summed E-state index contributed by atoms with van der Waals surface area (Å²) in [5, 5.41) is 10.3. The summed E-state index contributed by atoms with van der Waals surface area (Å²) < 4.78 is 52.2. The largest absolute Gasteiger partial charge is 0.493 e. The zero-order valence-electron chi connectivity index (χ0n) is 15.3. The predicted octanol–water partition coefficient (Wildman–Crippen LogP) is 1.33. The fourth-order valence-corrected chi connectivity index (χ4v) is 3.11. The van der Waals surface area contributed by atoms with E-state index in [2.05, 4.69) is 25.5 Å². The normalized spacial score (nSPS) is 11.4. The van der Waals surface area contributed by atoms with Crippen LogP contribution in [-0.2, 0) is 10.1 Å². The van der Waals surface area contributed by atoms with Gasteiger partial charge in [-0.1, -0.05) is 0 Å². The van der Waals surface area contributed by atoms with Crippen molar-refractivity contribution in [2.45, 2.75) is 4.90 Å². The molecule has 2 aromatic carbocycles. The molecule has 3 aromatic rings. The Morgan fingerprint density at radius 3 is 2.57 bits per heavy atom. The average Bonchev–Trinajstić information content (AvgIpc) is 3.15. The zero-order chi connectivity index (χ0) is 21.7. The third kappa shape index (κ3) is 4.70. The highest BCUT2D eigenvalue weighted by Crippen LogP contribution is 2.30. The molecule has 1 heterocycles. The second-order valence-corrected chi connectivity index (χ2v) is 7.15. The molecule has 3 N–H and O–H groups in total. The number of nitrogens with zero attached hydrogens (tertiary/aromatic N) is 3. The van der Waals surface area contributed by atoms with E-state index < -0.39 is 21.8 Å². The highest BCUT2D eigenvalue weighted by Gasteiger charge is 2.19. The topological polar surface area (TPSA) is 159 Å². The van der Waals surface area contributed by atoms with Gasteiger partial charge in [0.2, 0.25) is 11.5 Å². The molecule has 1 amide bonds. The molecule has 0 aliphatic carbocycles. The van der Waals surface area contributed by atoms with Crippen LogP contribution in [0, 0.1) is 5.82 Å². The maximum atomic E-state index is 13.0. The molecular formula is C17H14FN5O6S. The monoisotopic (exact) mass is 435 g/mol. The number of nitrogens with one attached hydrogen (secondary N) is 1. The Bertz CT molecular complexity index is 1190. The number of anilines is 1. The molecule has 0 saturated heterocycles. The van der Waals surface area contributed by atoms with E-state index in [0.29, 0.717) is 5.56 Å². The molecule has 11 nitrogen and oxygen atoms in total. The fourth-order valence-electron chi connectivity index (χ4n) is 2.17. The molecule has 1 aromatic heterocycles. The maximum Gasteiger partial charge on any atom is 0.339 e. The molecule has 0 saturated carbocycles. The van der Waals surface area contributed by atoms with Crippen LogP contribution in [0.4, 0.5) is 10.2 Å². The van der Waals surface area contributed by atoms with Crippen molar-refractivity contribution in [1.82, 2.24) is 15.7 Å². The van der Waals surface area contributed by atoms with Crippen LogP contribution in [0.2, 0.25) is 0 Å². The van der Waals surface area contributed by atoms with E-state index in [1.165, 1.54) is 31.5 Å². The summed E-state index contributed by atoms with van der Waals surface area (Å²) in [5.41, 5.74) is 7.81. The number of hydrogen-bond donors (Lipinski definition) is 2. The van der Waals surface area contributed by atoms with Crippen molar-refractivity contribution < 1.29 is 31.2 Å². The molecule has 3 rings (SSSR count). The second kappa shape index (κ2) is 8.57. The van der Waals surface area contributed by atoms with Crippen LogP contribution in [0.5, 0.6) is 11.5 Å². The van der Waals surface area contributed by atoms with Gasteiger partial charge in [0.05, 0.1) is 13.3 Å². The molecule has 0 bridgehead atoms.